The second kappa shape index (κ2) is 4.78. The molecule has 0 amide bonds. The fourth-order valence-corrected chi connectivity index (χ4v) is 2.54. The van der Waals surface area contributed by atoms with E-state index in [1.165, 1.54) is 21.5 Å². The van der Waals surface area contributed by atoms with Crippen LogP contribution in [0.2, 0.25) is 0 Å². The van der Waals surface area contributed by atoms with Crippen LogP contribution < -0.4 is 4.74 Å². The largest absolute Gasteiger partial charge is 0.462 e. The van der Waals surface area contributed by atoms with Gasteiger partial charge in [0.1, 0.15) is 5.75 Å². The Hall–Kier alpha value is -2.10. The van der Waals surface area contributed by atoms with Gasteiger partial charge in [0.2, 0.25) is 6.29 Å². The molecule has 0 aromatic heterocycles. The van der Waals surface area contributed by atoms with E-state index < -0.39 is 0 Å². The highest BCUT2D eigenvalue weighted by Crippen LogP contribution is 2.27. The van der Waals surface area contributed by atoms with Crippen LogP contribution in [0.5, 0.6) is 5.75 Å². The first-order valence-corrected chi connectivity index (χ1v) is 6.76. The van der Waals surface area contributed by atoms with Crippen molar-refractivity contribution in [1.82, 2.24) is 0 Å². The molecule has 1 unspecified atom stereocenters. The van der Waals surface area contributed by atoms with Crippen LogP contribution in [-0.2, 0) is 9.78 Å². The van der Waals surface area contributed by atoms with E-state index in [2.05, 4.69) is 42.5 Å². The molecule has 1 fully saturated rings. The molecule has 0 N–H and O–H groups in total. The lowest BCUT2D eigenvalue weighted by Crippen LogP contribution is -2.13. The maximum atomic E-state index is 5.75. The summed E-state index contributed by atoms with van der Waals surface area (Å²) in [5.41, 5.74) is 0. The Bertz CT molecular complexity index is 760. The van der Waals surface area contributed by atoms with E-state index in [9.17, 15) is 0 Å². The summed E-state index contributed by atoms with van der Waals surface area (Å²) >= 11 is 0. The summed E-state index contributed by atoms with van der Waals surface area (Å²) in [4.78, 5) is 9.87. The first kappa shape index (κ1) is 11.7. The van der Waals surface area contributed by atoms with Gasteiger partial charge in [-0.1, -0.05) is 30.3 Å². The molecule has 3 heteroatoms. The van der Waals surface area contributed by atoms with Gasteiger partial charge in [-0.25, -0.2) is 4.89 Å². The number of hydrogen-bond acceptors (Lipinski definition) is 3. The summed E-state index contributed by atoms with van der Waals surface area (Å²) in [6, 6.07) is 18.8. The number of hydrogen-bond donors (Lipinski definition) is 0. The Labute approximate surface area is 116 Å². The SMILES string of the molecule is c1ccc2cc3cc(OC4CCOO4)ccc3cc2c1. The molecule has 1 aliphatic heterocycles. The Balaban J connectivity index is 1.75. The fourth-order valence-electron chi connectivity index (χ4n) is 2.54. The van der Waals surface area contributed by atoms with Gasteiger partial charge >= 0.3 is 0 Å². The fraction of sp³-hybridized carbons (Fsp3) is 0.176. The van der Waals surface area contributed by atoms with Gasteiger partial charge in [0.15, 0.2) is 0 Å². The highest BCUT2D eigenvalue weighted by Gasteiger charge is 2.18. The van der Waals surface area contributed by atoms with Crippen LogP contribution in [0.3, 0.4) is 0 Å². The Morgan fingerprint density at radius 1 is 0.850 bits per heavy atom. The van der Waals surface area contributed by atoms with Crippen molar-refractivity contribution in [1.29, 1.82) is 0 Å². The number of benzene rings is 3. The van der Waals surface area contributed by atoms with Crippen molar-refractivity contribution in [2.75, 3.05) is 6.61 Å². The average molecular weight is 266 g/mol. The summed E-state index contributed by atoms with van der Waals surface area (Å²) in [7, 11) is 0. The Morgan fingerprint density at radius 2 is 1.60 bits per heavy atom. The van der Waals surface area contributed by atoms with Gasteiger partial charge in [-0.05, 0) is 45.8 Å². The maximum Gasteiger partial charge on any atom is 0.233 e. The molecule has 20 heavy (non-hydrogen) atoms. The third-order valence-corrected chi connectivity index (χ3v) is 3.56. The van der Waals surface area contributed by atoms with E-state index in [4.69, 9.17) is 14.5 Å². The molecule has 0 aliphatic carbocycles. The molecule has 0 radical (unpaired) electrons. The van der Waals surface area contributed by atoms with Gasteiger partial charge in [0.25, 0.3) is 0 Å². The molecule has 0 saturated carbocycles. The zero-order valence-corrected chi connectivity index (χ0v) is 10.9. The molecular weight excluding hydrogens is 252 g/mol. The van der Waals surface area contributed by atoms with Crippen molar-refractivity contribution in [3.05, 3.63) is 54.6 Å². The van der Waals surface area contributed by atoms with Crippen molar-refractivity contribution in [2.24, 2.45) is 0 Å². The van der Waals surface area contributed by atoms with E-state index in [-0.39, 0.29) is 6.29 Å². The predicted octanol–water partition coefficient (Wildman–Crippen LogP) is 4.05. The molecule has 1 atom stereocenters. The Kier molecular flexibility index (Phi) is 2.80. The minimum atomic E-state index is -0.298. The minimum Gasteiger partial charge on any atom is -0.462 e. The van der Waals surface area contributed by atoms with Crippen LogP contribution in [0.15, 0.2) is 54.6 Å². The lowest BCUT2D eigenvalue weighted by molar-refractivity contribution is -0.310. The molecule has 3 nitrogen and oxygen atoms in total. The molecule has 1 saturated heterocycles. The van der Waals surface area contributed by atoms with E-state index in [1.54, 1.807) is 0 Å². The second-order valence-corrected chi connectivity index (χ2v) is 4.96. The zero-order valence-electron chi connectivity index (χ0n) is 10.9. The van der Waals surface area contributed by atoms with Crippen LogP contribution in [0, 0.1) is 0 Å². The van der Waals surface area contributed by atoms with Gasteiger partial charge < -0.3 is 4.74 Å². The number of fused-ring (bicyclic) bond motifs is 2. The van der Waals surface area contributed by atoms with Crippen LogP contribution in [-0.4, -0.2) is 12.9 Å². The van der Waals surface area contributed by atoms with Gasteiger partial charge in [0.05, 0.1) is 6.61 Å². The van der Waals surface area contributed by atoms with Gasteiger partial charge in [0, 0.05) is 6.42 Å². The summed E-state index contributed by atoms with van der Waals surface area (Å²) < 4.78 is 5.75. The minimum absolute atomic E-state index is 0.298. The molecule has 0 bridgehead atoms. The number of ether oxygens (including phenoxy) is 1. The lowest BCUT2D eigenvalue weighted by atomic mass is 10.0. The monoisotopic (exact) mass is 266 g/mol. The van der Waals surface area contributed by atoms with Crippen LogP contribution in [0.1, 0.15) is 6.42 Å². The van der Waals surface area contributed by atoms with E-state index in [0.29, 0.717) is 6.61 Å². The van der Waals surface area contributed by atoms with Crippen molar-refractivity contribution < 1.29 is 14.5 Å². The molecule has 3 aromatic carbocycles. The second-order valence-electron chi connectivity index (χ2n) is 4.96. The maximum absolute atomic E-state index is 5.75. The molecule has 3 aromatic rings. The first-order valence-electron chi connectivity index (χ1n) is 6.76. The van der Waals surface area contributed by atoms with Crippen LogP contribution in [0.4, 0.5) is 0 Å². The molecule has 100 valence electrons. The number of rotatable bonds is 2. The molecule has 1 heterocycles. The zero-order chi connectivity index (χ0) is 13.4. The molecule has 4 rings (SSSR count). The normalized spacial score (nSPS) is 18.7. The summed E-state index contributed by atoms with van der Waals surface area (Å²) in [6.45, 7) is 0.586. The van der Waals surface area contributed by atoms with Gasteiger partial charge in [-0.15, -0.1) is 0 Å². The average Bonchev–Trinajstić information content (AvgIpc) is 2.98. The van der Waals surface area contributed by atoms with Crippen LogP contribution in [0.25, 0.3) is 21.5 Å². The Morgan fingerprint density at radius 3 is 2.35 bits per heavy atom. The quantitative estimate of drug-likeness (QED) is 0.517. The van der Waals surface area contributed by atoms with Crippen molar-refractivity contribution in [3.63, 3.8) is 0 Å². The van der Waals surface area contributed by atoms with Gasteiger partial charge in [-0.2, -0.15) is 4.89 Å². The van der Waals surface area contributed by atoms with Crippen LogP contribution >= 0.6 is 0 Å². The van der Waals surface area contributed by atoms with Gasteiger partial charge in [-0.3, -0.25) is 0 Å². The summed E-state index contributed by atoms with van der Waals surface area (Å²) in [5.74, 6) is 0.809. The van der Waals surface area contributed by atoms with E-state index >= 15 is 0 Å². The predicted molar refractivity (Wildman–Crippen MR) is 77.5 cm³/mol. The van der Waals surface area contributed by atoms with Crippen molar-refractivity contribution in [3.8, 4) is 5.75 Å². The van der Waals surface area contributed by atoms with Crippen molar-refractivity contribution >= 4 is 21.5 Å². The lowest BCUT2D eigenvalue weighted by Gasteiger charge is -2.11. The first-order chi connectivity index (χ1) is 9.88. The molecular formula is C17H14O3. The standard InChI is InChI=1S/C17H14O3/c1-2-4-13-10-15-11-16(19-17-7-8-18-20-17)6-5-14(15)9-12(13)3-1/h1-6,9-11,17H,7-8H2. The highest BCUT2D eigenvalue weighted by atomic mass is 17.2. The molecule has 1 aliphatic rings. The molecule has 0 spiro atoms. The van der Waals surface area contributed by atoms with E-state index in [1.807, 2.05) is 12.1 Å². The topological polar surface area (TPSA) is 27.7 Å². The third kappa shape index (κ3) is 2.11. The summed E-state index contributed by atoms with van der Waals surface area (Å²) in [5, 5.41) is 4.86. The van der Waals surface area contributed by atoms with Crippen molar-refractivity contribution in [2.45, 2.75) is 12.7 Å². The smallest absolute Gasteiger partial charge is 0.233 e. The van der Waals surface area contributed by atoms with E-state index in [0.717, 1.165) is 12.2 Å². The third-order valence-electron chi connectivity index (χ3n) is 3.56. The summed E-state index contributed by atoms with van der Waals surface area (Å²) in [6.07, 6.45) is 0.461. The highest BCUT2D eigenvalue weighted by molar-refractivity contribution is 5.98.